The molecule has 0 saturated carbocycles. The lowest BCUT2D eigenvalue weighted by Gasteiger charge is -2.25. The topological polar surface area (TPSA) is 30.5 Å². The first-order valence-electron chi connectivity index (χ1n) is 10.6. The molecule has 1 N–H and O–H groups in total. The number of anilines is 1. The van der Waals surface area contributed by atoms with E-state index >= 15 is 0 Å². The highest BCUT2D eigenvalue weighted by atomic mass is 16.5. The first-order valence-corrected chi connectivity index (χ1v) is 10.6. The summed E-state index contributed by atoms with van der Waals surface area (Å²) < 4.78 is 11.7. The predicted molar refractivity (Wildman–Crippen MR) is 120 cm³/mol. The van der Waals surface area contributed by atoms with Gasteiger partial charge in [0.25, 0.3) is 0 Å². The molecule has 0 aliphatic rings. The standard InChI is InChI=1S/C25H37NO2/c1-6-7-16-27-23-13-11-22(12-14-23)26-19-25(4,5)15-8-17-28-24-18-20(2)9-10-21(24)3/h9-14,18,26H,6-8,15-17,19H2,1-5H3. The van der Waals surface area contributed by atoms with Gasteiger partial charge in [-0.3, -0.25) is 0 Å². The molecule has 0 aliphatic carbocycles. The van der Waals surface area contributed by atoms with Crippen LogP contribution < -0.4 is 14.8 Å². The Balaban J connectivity index is 1.70. The van der Waals surface area contributed by atoms with E-state index < -0.39 is 0 Å². The van der Waals surface area contributed by atoms with Crippen molar-refractivity contribution in [1.29, 1.82) is 0 Å². The molecule has 0 atom stereocenters. The zero-order valence-electron chi connectivity index (χ0n) is 18.3. The number of rotatable bonds is 12. The Morgan fingerprint density at radius 2 is 1.61 bits per heavy atom. The van der Waals surface area contributed by atoms with Gasteiger partial charge in [0.2, 0.25) is 0 Å². The SMILES string of the molecule is CCCCOc1ccc(NCC(C)(C)CCCOc2cc(C)ccc2C)cc1. The van der Waals surface area contributed by atoms with Crippen LogP contribution in [0.3, 0.4) is 0 Å². The summed E-state index contributed by atoms with van der Waals surface area (Å²) in [5.74, 6) is 1.96. The van der Waals surface area contributed by atoms with Crippen LogP contribution in [0.2, 0.25) is 0 Å². The summed E-state index contributed by atoms with van der Waals surface area (Å²) in [5.41, 5.74) is 3.80. The van der Waals surface area contributed by atoms with Gasteiger partial charge in [0, 0.05) is 12.2 Å². The molecule has 0 bridgehead atoms. The number of nitrogens with one attached hydrogen (secondary N) is 1. The van der Waals surface area contributed by atoms with Crippen molar-refractivity contribution in [3.63, 3.8) is 0 Å². The predicted octanol–water partition coefficient (Wildman–Crippen LogP) is 6.78. The average Bonchev–Trinajstić information content (AvgIpc) is 2.67. The average molecular weight is 384 g/mol. The molecule has 28 heavy (non-hydrogen) atoms. The Morgan fingerprint density at radius 1 is 0.893 bits per heavy atom. The zero-order chi connectivity index (χ0) is 20.4. The van der Waals surface area contributed by atoms with Crippen LogP contribution in [0, 0.1) is 19.3 Å². The smallest absolute Gasteiger partial charge is 0.122 e. The van der Waals surface area contributed by atoms with E-state index in [0.717, 1.165) is 62.6 Å². The highest BCUT2D eigenvalue weighted by Gasteiger charge is 2.17. The van der Waals surface area contributed by atoms with Crippen LogP contribution in [0.15, 0.2) is 42.5 Å². The maximum absolute atomic E-state index is 5.99. The molecular weight excluding hydrogens is 346 g/mol. The van der Waals surface area contributed by atoms with E-state index in [2.05, 4.69) is 70.3 Å². The molecule has 2 aromatic rings. The van der Waals surface area contributed by atoms with Gasteiger partial charge in [-0.1, -0.05) is 39.3 Å². The molecule has 3 nitrogen and oxygen atoms in total. The summed E-state index contributed by atoms with van der Waals surface area (Å²) >= 11 is 0. The first-order chi connectivity index (χ1) is 13.4. The molecule has 0 aromatic heterocycles. The minimum atomic E-state index is 0.210. The van der Waals surface area contributed by atoms with Crippen LogP contribution >= 0.6 is 0 Å². The van der Waals surface area contributed by atoms with Crippen LogP contribution in [0.25, 0.3) is 0 Å². The number of hydrogen-bond donors (Lipinski definition) is 1. The van der Waals surface area contributed by atoms with E-state index in [0.29, 0.717) is 0 Å². The van der Waals surface area contributed by atoms with Gasteiger partial charge in [-0.25, -0.2) is 0 Å². The van der Waals surface area contributed by atoms with Crippen LogP contribution in [0.1, 0.15) is 57.6 Å². The van der Waals surface area contributed by atoms with Gasteiger partial charge in [0.1, 0.15) is 11.5 Å². The molecular formula is C25H37NO2. The van der Waals surface area contributed by atoms with E-state index in [4.69, 9.17) is 9.47 Å². The summed E-state index contributed by atoms with van der Waals surface area (Å²) in [6.45, 7) is 13.5. The maximum atomic E-state index is 5.99. The molecule has 0 heterocycles. The number of ether oxygens (including phenoxy) is 2. The fourth-order valence-electron chi connectivity index (χ4n) is 3.03. The lowest BCUT2D eigenvalue weighted by atomic mass is 9.88. The maximum Gasteiger partial charge on any atom is 0.122 e. The molecule has 0 unspecified atom stereocenters. The van der Waals surface area contributed by atoms with Crippen molar-refractivity contribution in [1.82, 2.24) is 0 Å². The first kappa shape index (κ1) is 22.1. The molecule has 0 saturated heterocycles. The normalized spacial score (nSPS) is 11.3. The van der Waals surface area contributed by atoms with E-state index in [1.54, 1.807) is 0 Å². The van der Waals surface area contributed by atoms with E-state index in [1.165, 1.54) is 11.1 Å². The van der Waals surface area contributed by atoms with E-state index in [-0.39, 0.29) is 5.41 Å². The van der Waals surface area contributed by atoms with Crippen molar-refractivity contribution in [3.05, 3.63) is 53.6 Å². The van der Waals surface area contributed by atoms with Gasteiger partial charge < -0.3 is 14.8 Å². The van der Waals surface area contributed by atoms with Gasteiger partial charge in [0.15, 0.2) is 0 Å². The Bertz CT molecular complexity index is 707. The molecule has 2 rings (SSSR count). The summed E-state index contributed by atoms with van der Waals surface area (Å²) in [5, 5.41) is 3.56. The van der Waals surface area contributed by atoms with Crippen molar-refractivity contribution in [2.24, 2.45) is 5.41 Å². The molecule has 3 heteroatoms. The fourth-order valence-corrected chi connectivity index (χ4v) is 3.03. The second-order valence-electron chi connectivity index (χ2n) is 8.47. The largest absolute Gasteiger partial charge is 0.494 e. The van der Waals surface area contributed by atoms with Gasteiger partial charge in [-0.05, 0) is 80.0 Å². The Labute approximate surface area is 171 Å². The number of hydrogen-bond acceptors (Lipinski definition) is 3. The number of aryl methyl sites for hydroxylation is 2. The van der Waals surface area contributed by atoms with Crippen LogP contribution in [-0.2, 0) is 0 Å². The summed E-state index contributed by atoms with van der Waals surface area (Å²) in [6.07, 6.45) is 4.42. The van der Waals surface area contributed by atoms with Gasteiger partial charge in [-0.15, -0.1) is 0 Å². The van der Waals surface area contributed by atoms with Crippen molar-refractivity contribution < 1.29 is 9.47 Å². The van der Waals surface area contributed by atoms with Crippen LogP contribution in [0.4, 0.5) is 5.69 Å². The van der Waals surface area contributed by atoms with Crippen LogP contribution in [-0.4, -0.2) is 19.8 Å². The molecule has 2 aromatic carbocycles. The monoisotopic (exact) mass is 383 g/mol. The highest BCUT2D eigenvalue weighted by molar-refractivity contribution is 5.46. The highest BCUT2D eigenvalue weighted by Crippen LogP contribution is 2.25. The van der Waals surface area contributed by atoms with Gasteiger partial charge >= 0.3 is 0 Å². The molecule has 0 radical (unpaired) electrons. The van der Waals surface area contributed by atoms with Crippen LogP contribution in [0.5, 0.6) is 11.5 Å². The minimum absolute atomic E-state index is 0.210. The lowest BCUT2D eigenvalue weighted by molar-refractivity contribution is 0.263. The Morgan fingerprint density at radius 3 is 2.32 bits per heavy atom. The number of unbranched alkanes of at least 4 members (excludes halogenated alkanes) is 1. The van der Waals surface area contributed by atoms with Crippen molar-refractivity contribution in [2.45, 2.75) is 60.3 Å². The number of benzene rings is 2. The summed E-state index contributed by atoms with van der Waals surface area (Å²) in [7, 11) is 0. The van der Waals surface area contributed by atoms with Gasteiger partial charge in [0.05, 0.1) is 13.2 Å². The third-order valence-corrected chi connectivity index (χ3v) is 4.99. The lowest BCUT2D eigenvalue weighted by Crippen LogP contribution is -2.23. The molecule has 0 aliphatic heterocycles. The zero-order valence-corrected chi connectivity index (χ0v) is 18.3. The third kappa shape index (κ3) is 7.84. The van der Waals surface area contributed by atoms with Crippen molar-refractivity contribution in [3.8, 4) is 11.5 Å². The quantitative estimate of drug-likeness (QED) is 0.410. The third-order valence-electron chi connectivity index (χ3n) is 4.99. The molecule has 154 valence electrons. The van der Waals surface area contributed by atoms with E-state index in [1.807, 2.05) is 12.1 Å². The Hall–Kier alpha value is -2.16. The fraction of sp³-hybridized carbons (Fsp3) is 0.520. The van der Waals surface area contributed by atoms with Gasteiger partial charge in [-0.2, -0.15) is 0 Å². The summed E-state index contributed by atoms with van der Waals surface area (Å²) in [6, 6.07) is 14.7. The van der Waals surface area contributed by atoms with Crippen molar-refractivity contribution in [2.75, 3.05) is 25.1 Å². The van der Waals surface area contributed by atoms with E-state index in [9.17, 15) is 0 Å². The van der Waals surface area contributed by atoms with Crippen molar-refractivity contribution >= 4 is 5.69 Å². The molecule has 0 fully saturated rings. The second kappa shape index (κ2) is 11.0. The minimum Gasteiger partial charge on any atom is -0.494 e. The summed E-state index contributed by atoms with van der Waals surface area (Å²) in [4.78, 5) is 0. The molecule has 0 amide bonds. The molecule has 0 spiro atoms. The second-order valence-corrected chi connectivity index (χ2v) is 8.47. The Kier molecular flexibility index (Phi) is 8.69.